The minimum atomic E-state index is 1.13. The Balaban J connectivity index is 1.08. The van der Waals surface area contributed by atoms with Crippen molar-refractivity contribution < 1.29 is 0 Å². The lowest BCUT2D eigenvalue weighted by Gasteiger charge is -2.26. The summed E-state index contributed by atoms with van der Waals surface area (Å²) < 4.78 is 5.30. The van der Waals surface area contributed by atoms with Crippen molar-refractivity contribution in [2.45, 2.75) is 0 Å². The molecule has 0 saturated carbocycles. The molecule has 0 aliphatic heterocycles. The van der Waals surface area contributed by atoms with Crippen molar-refractivity contribution in [2.75, 3.05) is 4.90 Å². The molecular weight excluding hydrogens is 631 g/mol. The number of hydrogen-bond donors (Lipinski definition) is 0. The molecule has 0 aliphatic rings. The fraction of sp³-hybridized carbons (Fsp3) is 0. The summed E-state index contributed by atoms with van der Waals surface area (Å²) in [5.74, 6) is 0. The first-order valence-electron chi connectivity index (χ1n) is 16.6. The van der Waals surface area contributed by atoms with Crippen LogP contribution in [-0.2, 0) is 0 Å². The second kappa shape index (κ2) is 11.5. The lowest BCUT2D eigenvalue weighted by molar-refractivity contribution is 1.29. The van der Waals surface area contributed by atoms with Crippen molar-refractivity contribution in [1.82, 2.24) is 0 Å². The van der Waals surface area contributed by atoms with E-state index in [4.69, 9.17) is 0 Å². The Morgan fingerprint density at radius 3 is 1.76 bits per heavy atom. The smallest absolute Gasteiger partial charge is 0.0476 e. The van der Waals surface area contributed by atoms with Gasteiger partial charge in [0, 0.05) is 57.4 Å². The minimum Gasteiger partial charge on any atom is -0.310 e. The number of benzene rings is 8. The van der Waals surface area contributed by atoms with E-state index in [1.165, 1.54) is 73.4 Å². The zero-order valence-electron chi connectivity index (χ0n) is 26.5. The molecule has 0 unspecified atom stereocenters. The van der Waals surface area contributed by atoms with E-state index in [1.54, 1.807) is 0 Å². The quantitative estimate of drug-likeness (QED) is 0.178. The Kier molecular flexibility index (Phi) is 6.61. The molecule has 0 aliphatic carbocycles. The summed E-state index contributed by atoms with van der Waals surface area (Å²) in [7, 11) is 0. The molecule has 0 N–H and O–H groups in total. The van der Waals surface area contributed by atoms with Crippen LogP contribution >= 0.6 is 22.7 Å². The molecule has 10 aromatic rings. The average molecular weight is 660 g/mol. The largest absolute Gasteiger partial charge is 0.310 e. The lowest BCUT2D eigenvalue weighted by Crippen LogP contribution is -2.09. The van der Waals surface area contributed by atoms with Crippen molar-refractivity contribution in [3.63, 3.8) is 0 Å². The molecule has 0 saturated heterocycles. The molecule has 0 bridgehead atoms. The lowest BCUT2D eigenvalue weighted by atomic mass is 9.98. The van der Waals surface area contributed by atoms with E-state index in [0.717, 1.165) is 17.1 Å². The van der Waals surface area contributed by atoms with Crippen LogP contribution in [-0.4, -0.2) is 0 Å². The van der Waals surface area contributed by atoms with Gasteiger partial charge in [-0.1, -0.05) is 115 Å². The van der Waals surface area contributed by atoms with Gasteiger partial charge in [-0.3, -0.25) is 0 Å². The Hall–Kier alpha value is -5.74. The molecule has 0 radical (unpaired) electrons. The number of nitrogens with zero attached hydrogens (tertiary/aromatic N) is 1. The van der Waals surface area contributed by atoms with Crippen LogP contribution in [0.15, 0.2) is 176 Å². The molecule has 3 heteroatoms. The van der Waals surface area contributed by atoms with Crippen LogP contribution in [0.5, 0.6) is 0 Å². The van der Waals surface area contributed by atoms with E-state index in [1.807, 2.05) is 22.7 Å². The molecule has 2 heterocycles. The highest BCUT2D eigenvalue weighted by Gasteiger charge is 2.16. The van der Waals surface area contributed by atoms with Gasteiger partial charge in [-0.25, -0.2) is 0 Å². The monoisotopic (exact) mass is 659 g/mol. The second-order valence-electron chi connectivity index (χ2n) is 12.6. The molecule has 10 rings (SSSR count). The van der Waals surface area contributed by atoms with Crippen LogP contribution in [0.25, 0.3) is 73.4 Å². The zero-order valence-corrected chi connectivity index (χ0v) is 28.1. The maximum absolute atomic E-state index is 2.39. The summed E-state index contributed by atoms with van der Waals surface area (Å²) in [6.07, 6.45) is 0. The van der Waals surface area contributed by atoms with Gasteiger partial charge in [-0.2, -0.15) is 0 Å². The van der Waals surface area contributed by atoms with Gasteiger partial charge in [0.1, 0.15) is 0 Å². The fourth-order valence-corrected chi connectivity index (χ4v) is 9.55. The van der Waals surface area contributed by atoms with Crippen molar-refractivity contribution >= 4 is 90.9 Å². The second-order valence-corrected chi connectivity index (χ2v) is 14.7. The molecule has 2 aromatic heterocycles. The third kappa shape index (κ3) is 4.82. The summed E-state index contributed by atoms with van der Waals surface area (Å²) in [6.45, 7) is 0. The fourth-order valence-electron chi connectivity index (χ4n) is 7.29. The van der Waals surface area contributed by atoms with Crippen LogP contribution in [0.4, 0.5) is 17.1 Å². The predicted octanol–water partition coefficient (Wildman–Crippen LogP) is 14.4. The van der Waals surface area contributed by atoms with E-state index in [9.17, 15) is 0 Å². The first-order chi connectivity index (χ1) is 24.3. The SMILES string of the molecule is c1ccc(-c2cccc(N(c3ccc(-c4ccc5c(ccc6sc7ccccc7c65)c4)cc3)c3ccc4c(c3)sc3ccccc34)c2)cc1. The summed E-state index contributed by atoms with van der Waals surface area (Å²) in [5.41, 5.74) is 8.25. The van der Waals surface area contributed by atoms with Crippen LogP contribution in [0.1, 0.15) is 0 Å². The van der Waals surface area contributed by atoms with Gasteiger partial charge in [0.2, 0.25) is 0 Å². The third-order valence-corrected chi connectivity index (χ3v) is 11.9. The summed E-state index contributed by atoms with van der Waals surface area (Å²) >= 11 is 3.73. The zero-order chi connectivity index (χ0) is 32.3. The normalized spacial score (nSPS) is 11.7. The highest BCUT2D eigenvalue weighted by atomic mass is 32.1. The van der Waals surface area contributed by atoms with Crippen molar-refractivity contribution in [3.8, 4) is 22.3 Å². The molecule has 0 spiro atoms. The van der Waals surface area contributed by atoms with E-state index in [2.05, 4.69) is 181 Å². The van der Waals surface area contributed by atoms with E-state index in [-0.39, 0.29) is 0 Å². The van der Waals surface area contributed by atoms with Gasteiger partial charge in [0.25, 0.3) is 0 Å². The van der Waals surface area contributed by atoms with Crippen LogP contribution in [0.3, 0.4) is 0 Å². The van der Waals surface area contributed by atoms with Crippen LogP contribution < -0.4 is 4.90 Å². The summed E-state index contributed by atoms with van der Waals surface area (Å²) in [4.78, 5) is 2.39. The Morgan fingerprint density at radius 1 is 0.306 bits per heavy atom. The van der Waals surface area contributed by atoms with Gasteiger partial charge in [-0.05, 0) is 93.7 Å². The number of anilines is 3. The first-order valence-corrected chi connectivity index (χ1v) is 18.2. The molecule has 0 atom stereocenters. The molecular formula is C46H29NS2. The number of thiophene rings is 2. The molecule has 49 heavy (non-hydrogen) atoms. The molecule has 230 valence electrons. The van der Waals surface area contributed by atoms with E-state index in [0.29, 0.717) is 0 Å². The number of rotatable bonds is 5. The Bertz CT molecular complexity index is 2830. The highest BCUT2D eigenvalue weighted by Crippen LogP contribution is 2.43. The average Bonchev–Trinajstić information content (AvgIpc) is 3.74. The van der Waals surface area contributed by atoms with Crippen molar-refractivity contribution in [3.05, 3.63) is 176 Å². The molecule has 0 amide bonds. The van der Waals surface area contributed by atoms with Gasteiger partial charge >= 0.3 is 0 Å². The number of hydrogen-bond acceptors (Lipinski definition) is 3. The van der Waals surface area contributed by atoms with Gasteiger partial charge in [0.05, 0.1) is 0 Å². The van der Waals surface area contributed by atoms with E-state index < -0.39 is 0 Å². The maximum atomic E-state index is 2.39. The highest BCUT2D eigenvalue weighted by molar-refractivity contribution is 7.26. The van der Waals surface area contributed by atoms with Gasteiger partial charge in [-0.15, -0.1) is 22.7 Å². The Morgan fingerprint density at radius 2 is 0.898 bits per heavy atom. The summed E-state index contributed by atoms with van der Waals surface area (Å²) in [6, 6.07) is 64.4. The van der Waals surface area contributed by atoms with Gasteiger partial charge in [0.15, 0.2) is 0 Å². The van der Waals surface area contributed by atoms with E-state index >= 15 is 0 Å². The molecule has 8 aromatic carbocycles. The first kappa shape index (κ1) is 28.3. The predicted molar refractivity (Wildman–Crippen MR) is 215 cm³/mol. The van der Waals surface area contributed by atoms with Crippen molar-refractivity contribution in [1.29, 1.82) is 0 Å². The maximum Gasteiger partial charge on any atom is 0.0476 e. The topological polar surface area (TPSA) is 3.24 Å². The minimum absolute atomic E-state index is 1.13. The summed E-state index contributed by atoms with van der Waals surface area (Å²) in [5, 5.41) is 7.92. The Labute approximate surface area is 292 Å². The van der Waals surface area contributed by atoms with Gasteiger partial charge < -0.3 is 4.90 Å². The standard InChI is InChI=1S/C46H29NS2/c1-2-9-30(10-3-1)32-11-8-12-36(28-32)47(37-23-25-40-39-13-4-6-15-42(39)49-45(40)29-37)35-21-17-31(18-22-35)33-19-24-38-34(27-33)20-26-44-46(38)41-14-5-7-16-43(41)48-44/h1-29H. The third-order valence-electron chi connectivity index (χ3n) is 9.65. The van der Waals surface area contributed by atoms with Crippen LogP contribution in [0, 0.1) is 0 Å². The van der Waals surface area contributed by atoms with Crippen molar-refractivity contribution in [2.24, 2.45) is 0 Å². The van der Waals surface area contributed by atoms with Crippen LogP contribution in [0.2, 0.25) is 0 Å². The number of fused-ring (bicyclic) bond motifs is 8. The molecule has 0 fully saturated rings. The molecule has 1 nitrogen and oxygen atoms in total.